The summed E-state index contributed by atoms with van der Waals surface area (Å²) in [6.45, 7) is 8.35. The van der Waals surface area contributed by atoms with Crippen LogP contribution in [0.2, 0.25) is 0 Å². The zero-order chi connectivity index (χ0) is 18.5. The highest BCUT2D eigenvalue weighted by atomic mass is 16.5. The summed E-state index contributed by atoms with van der Waals surface area (Å²) < 4.78 is 8.31. The van der Waals surface area contributed by atoms with Crippen LogP contribution in [0.15, 0.2) is 36.4 Å². The van der Waals surface area contributed by atoms with E-state index in [1.54, 1.807) is 0 Å². The van der Waals surface area contributed by atoms with Crippen LogP contribution in [0.25, 0.3) is 0 Å². The summed E-state index contributed by atoms with van der Waals surface area (Å²) in [6.07, 6.45) is 3.94. The lowest BCUT2D eigenvalue weighted by Crippen LogP contribution is -2.18. The van der Waals surface area contributed by atoms with Crippen LogP contribution in [0.4, 0.5) is 0 Å². The van der Waals surface area contributed by atoms with E-state index >= 15 is 0 Å². The Kier molecular flexibility index (Phi) is 6.36. The zero-order valence-corrected chi connectivity index (χ0v) is 16.6. The van der Waals surface area contributed by atoms with Crippen molar-refractivity contribution in [1.29, 1.82) is 0 Å². The Morgan fingerprint density at radius 3 is 2.54 bits per heavy atom. The molecule has 4 heteroatoms. The fourth-order valence-corrected chi connectivity index (χ4v) is 4.12. The minimum Gasteiger partial charge on any atom is -0.473 e. The fraction of sp³-hybridized carbons (Fsp3) is 0.591. The molecule has 26 heavy (non-hydrogen) atoms. The molecule has 0 bridgehead atoms. The second kappa shape index (κ2) is 8.72. The van der Waals surface area contributed by atoms with Crippen LogP contribution in [0.3, 0.4) is 0 Å². The highest BCUT2D eigenvalue weighted by molar-refractivity contribution is 5.19. The zero-order valence-electron chi connectivity index (χ0n) is 16.6. The Balaban J connectivity index is 1.74. The van der Waals surface area contributed by atoms with E-state index in [1.807, 2.05) is 13.1 Å². The molecule has 1 aromatic carbocycles. The van der Waals surface area contributed by atoms with E-state index in [-0.39, 0.29) is 0 Å². The third-order valence-corrected chi connectivity index (χ3v) is 5.86. The number of benzene rings is 1. The van der Waals surface area contributed by atoms with Gasteiger partial charge in [-0.2, -0.15) is 5.10 Å². The number of nitrogens with zero attached hydrogens (tertiary/aromatic N) is 2. The van der Waals surface area contributed by atoms with E-state index in [2.05, 4.69) is 61.1 Å². The summed E-state index contributed by atoms with van der Waals surface area (Å²) in [5.41, 5.74) is 2.23. The topological polar surface area (TPSA) is 39.1 Å². The molecule has 3 atom stereocenters. The van der Waals surface area contributed by atoms with E-state index in [0.717, 1.165) is 30.0 Å². The minimum atomic E-state index is 0.370. The van der Waals surface area contributed by atoms with Gasteiger partial charge in [0.15, 0.2) is 0 Å². The second-order valence-corrected chi connectivity index (χ2v) is 8.04. The number of hydrogen-bond acceptors (Lipinski definition) is 3. The molecule has 3 rings (SSSR count). The highest BCUT2D eigenvalue weighted by Gasteiger charge is 2.32. The van der Waals surface area contributed by atoms with Gasteiger partial charge in [0, 0.05) is 12.6 Å². The Bertz CT molecular complexity index is 680. The van der Waals surface area contributed by atoms with Crippen LogP contribution in [0.5, 0.6) is 5.88 Å². The molecule has 142 valence electrons. The quantitative estimate of drug-likeness (QED) is 0.738. The van der Waals surface area contributed by atoms with Gasteiger partial charge in [-0.1, -0.05) is 44.2 Å². The second-order valence-electron chi connectivity index (χ2n) is 8.04. The molecule has 1 heterocycles. The Morgan fingerprint density at radius 1 is 1.15 bits per heavy atom. The van der Waals surface area contributed by atoms with Crippen molar-refractivity contribution in [2.45, 2.75) is 59.2 Å². The van der Waals surface area contributed by atoms with Crippen LogP contribution in [0, 0.1) is 17.8 Å². The van der Waals surface area contributed by atoms with Gasteiger partial charge in [-0.05, 0) is 56.6 Å². The van der Waals surface area contributed by atoms with Gasteiger partial charge in [0.1, 0.15) is 6.61 Å². The van der Waals surface area contributed by atoms with Gasteiger partial charge in [0.2, 0.25) is 5.88 Å². The standard InChI is InChI=1S/C22H33N3O/c1-16(2)19-10-11-20(12-19)17(3)25-22(13-21(24-25)14-23-4)26-15-18-8-6-5-7-9-18/h5-9,13,16-17,19-20,23H,10-12,14-15H2,1-4H3. The lowest BCUT2D eigenvalue weighted by atomic mass is 9.91. The van der Waals surface area contributed by atoms with Crippen LogP contribution < -0.4 is 10.1 Å². The van der Waals surface area contributed by atoms with Gasteiger partial charge in [-0.15, -0.1) is 0 Å². The van der Waals surface area contributed by atoms with Crippen molar-refractivity contribution in [1.82, 2.24) is 15.1 Å². The van der Waals surface area contributed by atoms with E-state index in [0.29, 0.717) is 18.6 Å². The summed E-state index contributed by atoms with van der Waals surface area (Å²) in [6, 6.07) is 12.8. The first-order valence-electron chi connectivity index (χ1n) is 9.98. The maximum Gasteiger partial charge on any atom is 0.212 e. The van der Waals surface area contributed by atoms with Crippen molar-refractivity contribution in [3.8, 4) is 5.88 Å². The largest absolute Gasteiger partial charge is 0.473 e. The predicted octanol–water partition coefficient (Wildman–Crippen LogP) is 4.81. The molecular formula is C22H33N3O. The molecular weight excluding hydrogens is 322 g/mol. The van der Waals surface area contributed by atoms with Gasteiger partial charge in [0.25, 0.3) is 0 Å². The predicted molar refractivity (Wildman–Crippen MR) is 106 cm³/mol. The molecule has 0 saturated heterocycles. The summed E-state index contributed by atoms with van der Waals surface area (Å²) in [5.74, 6) is 3.20. The molecule has 0 spiro atoms. The molecule has 0 radical (unpaired) electrons. The molecule has 3 unspecified atom stereocenters. The molecule has 1 aromatic heterocycles. The molecule has 4 nitrogen and oxygen atoms in total. The van der Waals surface area contributed by atoms with Gasteiger partial charge in [0.05, 0.1) is 11.7 Å². The minimum absolute atomic E-state index is 0.370. The molecule has 2 aromatic rings. The highest BCUT2D eigenvalue weighted by Crippen LogP contribution is 2.42. The van der Waals surface area contributed by atoms with Crippen molar-refractivity contribution >= 4 is 0 Å². The Hall–Kier alpha value is -1.81. The molecule has 1 aliphatic rings. The van der Waals surface area contributed by atoms with Gasteiger partial charge in [-0.25, -0.2) is 4.68 Å². The Morgan fingerprint density at radius 2 is 1.88 bits per heavy atom. The number of ether oxygens (including phenoxy) is 1. The van der Waals surface area contributed by atoms with Crippen LogP contribution in [-0.2, 0) is 13.2 Å². The van der Waals surface area contributed by atoms with Crippen molar-refractivity contribution in [2.75, 3.05) is 7.05 Å². The molecule has 1 fully saturated rings. The third kappa shape index (κ3) is 4.47. The summed E-state index contributed by atoms with van der Waals surface area (Å²) in [4.78, 5) is 0. The summed E-state index contributed by atoms with van der Waals surface area (Å²) >= 11 is 0. The van der Waals surface area contributed by atoms with Crippen molar-refractivity contribution in [3.05, 3.63) is 47.7 Å². The lowest BCUT2D eigenvalue weighted by Gasteiger charge is -2.23. The smallest absolute Gasteiger partial charge is 0.212 e. The number of aromatic nitrogens is 2. The average Bonchev–Trinajstić information content (AvgIpc) is 3.28. The maximum atomic E-state index is 6.18. The number of nitrogens with one attached hydrogen (secondary N) is 1. The van der Waals surface area contributed by atoms with Gasteiger partial charge in [-0.3, -0.25) is 0 Å². The lowest BCUT2D eigenvalue weighted by molar-refractivity contribution is 0.233. The number of hydrogen-bond donors (Lipinski definition) is 1. The first kappa shape index (κ1) is 19.0. The van der Waals surface area contributed by atoms with E-state index < -0.39 is 0 Å². The van der Waals surface area contributed by atoms with Gasteiger partial charge < -0.3 is 10.1 Å². The van der Waals surface area contributed by atoms with Crippen LogP contribution in [0.1, 0.15) is 57.3 Å². The van der Waals surface area contributed by atoms with Crippen molar-refractivity contribution < 1.29 is 4.74 Å². The first-order valence-corrected chi connectivity index (χ1v) is 9.98. The molecule has 0 aliphatic heterocycles. The van der Waals surface area contributed by atoms with Crippen LogP contribution in [-0.4, -0.2) is 16.8 Å². The SMILES string of the molecule is CNCc1cc(OCc2ccccc2)n(C(C)C2CCC(C(C)C)C2)n1. The van der Waals surface area contributed by atoms with Gasteiger partial charge >= 0.3 is 0 Å². The summed E-state index contributed by atoms with van der Waals surface area (Å²) in [7, 11) is 1.96. The normalized spacial score (nSPS) is 21.3. The monoisotopic (exact) mass is 355 g/mol. The first-order chi connectivity index (χ1) is 12.6. The summed E-state index contributed by atoms with van der Waals surface area (Å²) in [5, 5.41) is 8.05. The third-order valence-electron chi connectivity index (χ3n) is 5.86. The van der Waals surface area contributed by atoms with E-state index in [1.165, 1.54) is 24.8 Å². The fourth-order valence-electron chi connectivity index (χ4n) is 4.12. The van der Waals surface area contributed by atoms with Crippen molar-refractivity contribution in [3.63, 3.8) is 0 Å². The van der Waals surface area contributed by atoms with E-state index in [9.17, 15) is 0 Å². The van der Waals surface area contributed by atoms with E-state index in [4.69, 9.17) is 9.84 Å². The van der Waals surface area contributed by atoms with Crippen molar-refractivity contribution in [2.24, 2.45) is 17.8 Å². The molecule has 1 N–H and O–H groups in total. The maximum absolute atomic E-state index is 6.18. The Labute approximate surface area is 157 Å². The number of rotatable bonds is 8. The molecule has 0 amide bonds. The average molecular weight is 356 g/mol. The van der Waals surface area contributed by atoms with Crippen LogP contribution >= 0.6 is 0 Å². The molecule has 1 aliphatic carbocycles. The molecule has 1 saturated carbocycles.